The molecule has 7 nitrogen and oxygen atoms in total. The molecule has 1 amide bonds. The van der Waals surface area contributed by atoms with Crippen molar-refractivity contribution in [3.05, 3.63) is 60.5 Å². The molecule has 4 rings (SSSR count). The Hall–Kier alpha value is -3.82. The fraction of sp³-hybridized carbons (Fsp3) is 0.105. The lowest BCUT2D eigenvalue weighted by molar-refractivity contribution is -0.154. The van der Waals surface area contributed by atoms with E-state index < -0.39 is 18.7 Å². The molecular weight excluding hydrogens is 389 g/mol. The molecule has 0 saturated heterocycles. The number of halogens is 3. The summed E-state index contributed by atoms with van der Waals surface area (Å²) in [6.07, 6.45) is -1.77. The summed E-state index contributed by atoms with van der Waals surface area (Å²) in [5.74, 6) is 0.464. The molecular formula is C19H13F3N4O3. The topological polar surface area (TPSA) is 93.0 Å². The molecule has 0 atom stereocenters. The number of hydrogen-bond donors (Lipinski definition) is 2. The molecule has 2 N–H and O–H groups in total. The van der Waals surface area contributed by atoms with E-state index in [0.717, 1.165) is 6.20 Å². The van der Waals surface area contributed by atoms with Crippen molar-refractivity contribution in [3.8, 4) is 17.5 Å². The van der Waals surface area contributed by atoms with Crippen LogP contribution in [0.15, 0.2) is 59.3 Å². The zero-order valence-electron chi connectivity index (χ0n) is 14.7. The number of aromatic amines is 1. The molecule has 29 heavy (non-hydrogen) atoms. The van der Waals surface area contributed by atoms with Gasteiger partial charge in [-0.1, -0.05) is 0 Å². The van der Waals surface area contributed by atoms with Crippen LogP contribution in [0, 0.1) is 0 Å². The zero-order valence-corrected chi connectivity index (χ0v) is 14.7. The van der Waals surface area contributed by atoms with Gasteiger partial charge in [0.05, 0.1) is 22.9 Å². The Kier molecular flexibility index (Phi) is 4.67. The smallest absolute Gasteiger partial charge is 0.422 e. The predicted molar refractivity (Wildman–Crippen MR) is 97.5 cm³/mol. The number of rotatable bonds is 5. The van der Waals surface area contributed by atoms with E-state index in [9.17, 15) is 18.0 Å². The number of hydrogen-bond acceptors (Lipinski definition) is 5. The molecule has 0 fully saturated rings. The van der Waals surface area contributed by atoms with Crippen LogP contribution in [0.2, 0.25) is 0 Å². The monoisotopic (exact) mass is 402 g/mol. The number of carbonyl (C=O) groups excluding carboxylic acids is 1. The van der Waals surface area contributed by atoms with Crippen molar-refractivity contribution in [1.29, 1.82) is 0 Å². The number of fused-ring (bicyclic) bond motifs is 1. The first-order valence-corrected chi connectivity index (χ1v) is 8.38. The van der Waals surface area contributed by atoms with Crippen LogP contribution in [0.25, 0.3) is 22.6 Å². The number of amides is 1. The largest absolute Gasteiger partial charge is 0.468 e. The summed E-state index contributed by atoms with van der Waals surface area (Å²) in [5, 5.41) is 2.70. The molecule has 4 aromatic rings. The Morgan fingerprint density at radius 2 is 2.07 bits per heavy atom. The van der Waals surface area contributed by atoms with Gasteiger partial charge in [0.15, 0.2) is 18.2 Å². The first-order chi connectivity index (χ1) is 13.9. The fourth-order valence-corrected chi connectivity index (χ4v) is 2.58. The number of aromatic nitrogens is 3. The second-order valence-electron chi connectivity index (χ2n) is 6.04. The molecule has 3 aromatic heterocycles. The number of pyridine rings is 1. The van der Waals surface area contributed by atoms with E-state index in [0.29, 0.717) is 28.3 Å². The summed E-state index contributed by atoms with van der Waals surface area (Å²) >= 11 is 0. The van der Waals surface area contributed by atoms with Gasteiger partial charge in [0, 0.05) is 18.0 Å². The average Bonchev–Trinajstić information content (AvgIpc) is 3.35. The third-order valence-corrected chi connectivity index (χ3v) is 3.88. The maximum atomic E-state index is 12.4. The van der Waals surface area contributed by atoms with E-state index >= 15 is 0 Å². The Morgan fingerprint density at radius 1 is 1.21 bits per heavy atom. The molecule has 0 aliphatic heterocycles. The van der Waals surface area contributed by atoms with Gasteiger partial charge >= 0.3 is 6.18 Å². The number of nitrogens with one attached hydrogen (secondary N) is 2. The molecule has 10 heteroatoms. The Balaban J connectivity index is 1.45. The second kappa shape index (κ2) is 7.30. The highest BCUT2D eigenvalue weighted by Crippen LogP contribution is 2.23. The highest BCUT2D eigenvalue weighted by molar-refractivity contribution is 6.04. The van der Waals surface area contributed by atoms with Crippen LogP contribution in [0.5, 0.6) is 5.88 Å². The summed E-state index contributed by atoms with van der Waals surface area (Å²) in [6.45, 7) is -1.45. The number of nitrogens with zero attached hydrogens (tertiary/aromatic N) is 2. The van der Waals surface area contributed by atoms with Crippen molar-refractivity contribution in [1.82, 2.24) is 15.0 Å². The van der Waals surface area contributed by atoms with Gasteiger partial charge in [-0.25, -0.2) is 9.97 Å². The lowest BCUT2D eigenvalue weighted by Crippen LogP contribution is -2.19. The number of benzene rings is 1. The minimum Gasteiger partial charge on any atom is -0.468 e. The number of carbonyl (C=O) groups is 1. The van der Waals surface area contributed by atoms with E-state index in [1.807, 2.05) is 0 Å². The van der Waals surface area contributed by atoms with E-state index in [4.69, 9.17) is 4.42 Å². The molecule has 3 heterocycles. The van der Waals surface area contributed by atoms with Gasteiger partial charge < -0.3 is 19.5 Å². The molecule has 0 bridgehead atoms. The zero-order chi connectivity index (χ0) is 20.4. The summed E-state index contributed by atoms with van der Waals surface area (Å²) in [5.41, 5.74) is 2.07. The molecule has 0 aliphatic rings. The number of imidazole rings is 1. The summed E-state index contributed by atoms with van der Waals surface area (Å²) in [6, 6.07) is 11.2. The van der Waals surface area contributed by atoms with Gasteiger partial charge in [-0.15, -0.1) is 0 Å². The number of H-pyrrole nitrogens is 1. The summed E-state index contributed by atoms with van der Waals surface area (Å²) < 4.78 is 46.3. The summed E-state index contributed by atoms with van der Waals surface area (Å²) in [7, 11) is 0. The van der Waals surface area contributed by atoms with Gasteiger partial charge in [-0.3, -0.25) is 4.79 Å². The SMILES string of the molecule is O=C(Nc1ccc2nc(-c3ccco3)[nH]c2c1)c1ccc(OCC(F)(F)F)nc1. The average molecular weight is 402 g/mol. The van der Waals surface area contributed by atoms with Crippen LogP contribution >= 0.6 is 0 Å². The van der Waals surface area contributed by atoms with Gasteiger partial charge in [0.25, 0.3) is 5.91 Å². The van der Waals surface area contributed by atoms with Gasteiger partial charge in [0.1, 0.15) is 0 Å². The molecule has 0 saturated carbocycles. The first-order valence-electron chi connectivity index (χ1n) is 8.38. The number of anilines is 1. The third-order valence-electron chi connectivity index (χ3n) is 3.88. The molecule has 148 valence electrons. The fourth-order valence-electron chi connectivity index (χ4n) is 2.58. The van der Waals surface area contributed by atoms with Crippen molar-refractivity contribution in [3.63, 3.8) is 0 Å². The van der Waals surface area contributed by atoms with E-state index in [2.05, 4.69) is 25.0 Å². The molecule has 1 aromatic carbocycles. The molecule has 0 aliphatic carbocycles. The molecule has 0 radical (unpaired) electrons. The lowest BCUT2D eigenvalue weighted by Gasteiger charge is -2.09. The van der Waals surface area contributed by atoms with Crippen molar-refractivity contribution < 1.29 is 27.1 Å². The minimum atomic E-state index is -4.46. The van der Waals surface area contributed by atoms with Crippen LogP contribution < -0.4 is 10.1 Å². The van der Waals surface area contributed by atoms with E-state index in [1.165, 1.54) is 12.1 Å². The van der Waals surface area contributed by atoms with Crippen molar-refractivity contribution >= 4 is 22.6 Å². The third kappa shape index (κ3) is 4.37. The maximum Gasteiger partial charge on any atom is 0.422 e. The first kappa shape index (κ1) is 18.5. The van der Waals surface area contributed by atoms with E-state index in [1.54, 1.807) is 36.6 Å². The van der Waals surface area contributed by atoms with Gasteiger partial charge in [0.2, 0.25) is 5.88 Å². The van der Waals surface area contributed by atoms with Gasteiger partial charge in [-0.2, -0.15) is 13.2 Å². The number of ether oxygens (including phenoxy) is 1. The van der Waals surface area contributed by atoms with Gasteiger partial charge in [-0.05, 0) is 36.4 Å². The van der Waals surface area contributed by atoms with Crippen LogP contribution in [0.3, 0.4) is 0 Å². The van der Waals surface area contributed by atoms with Crippen molar-refractivity contribution in [2.75, 3.05) is 11.9 Å². The molecule has 0 unspecified atom stereocenters. The summed E-state index contributed by atoms with van der Waals surface area (Å²) in [4.78, 5) is 23.6. The Labute approximate surface area is 161 Å². The van der Waals surface area contributed by atoms with Crippen molar-refractivity contribution in [2.45, 2.75) is 6.18 Å². The van der Waals surface area contributed by atoms with Crippen LogP contribution in [-0.4, -0.2) is 33.6 Å². The van der Waals surface area contributed by atoms with E-state index in [-0.39, 0.29) is 11.4 Å². The quantitative estimate of drug-likeness (QED) is 0.516. The van der Waals surface area contributed by atoms with Crippen molar-refractivity contribution in [2.24, 2.45) is 0 Å². The van der Waals surface area contributed by atoms with Crippen LogP contribution in [-0.2, 0) is 0 Å². The Bertz CT molecular complexity index is 1140. The normalized spacial score (nSPS) is 11.6. The maximum absolute atomic E-state index is 12.4. The number of alkyl halides is 3. The second-order valence-corrected chi connectivity index (χ2v) is 6.04. The highest BCUT2D eigenvalue weighted by atomic mass is 19.4. The molecule has 0 spiro atoms. The predicted octanol–water partition coefficient (Wildman–Crippen LogP) is 4.41. The standard InChI is InChI=1S/C19H13F3N4O3/c20-19(21,22)10-29-16-6-3-11(9-23-16)18(27)24-12-4-5-13-14(8-12)26-17(25-13)15-2-1-7-28-15/h1-9H,10H2,(H,24,27)(H,25,26). The lowest BCUT2D eigenvalue weighted by atomic mass is 10.2. The number of furan rings is 1. The Morgan fingerprint density at radius 3 is 2.76 bits per heavy atom. The minimum absolute atomic E-state index is 0.172. The van der Waals surface area contributed by atoms with Crippen LogP contribution in [0.1, 0.15) is 10.4 Å². The highest BCUT2D eigenvalue weighted by Gasteiger charge is 2.28. The van der Waals surface area contributed by atoms with Crippen LogP contribution in [0.4, 0.5) is 18.9 Å².